The molecule has 35 heavy (non-hydrogen) atoms. The molecule has 0 atom stereocenters. The Labute approximate surface area is 220 Å². The third kappa shape index (κ3) is 8.80. The number of aliphatic carboxylic acids is 1. The molecule has 2 aromatic carbocycles. The van der Waals surface area contributed by atoms with E-state index < -0.39 is 5.97 Å². The van der Waals surface area contributed by atoms with Gasteiger partial charge in [0.1, 0.15) is 17.2 Å². The molecule has 0 aliphatic heterocycles. The van der Waals surface area contributed by atoms with Crippen LogP contribution in [0.1, 0.15) is 35.4 Å². The molecule has 8 heteroatoms. The molecular weight excluding hydrogens is 505 g/mol. The summed E-state index contributed by atoms with van der Waals surface area (Å²) in [6, 6.07) is 17.2. The van der Waals surface area contributed by atoms with E-state index in [0.717, 1.165) is 42.3 Å². The molecule has 0 radical (unpaired) electrons. The quantitative estimate of drug-likeness (QED) is 0.184. The van der Waals surface area contributed by atoms with Gasteiger partial charge in [-0.05, 0) is 72.9 Å². The van der Waals surface area contributed by atoms with E-state index in [2.05, 4.69) is 17.1 Å². The van der Waals surface area contributed by atoms with Crippen molar-refractivity contribution in [1.29, 1.82) is 0 Å². The van der Waals surface area contributed by atoms with Gasteiger partial charge in [-0.3, -0.25) is 0 Å². The SMILES string of the molecule is COc1ccc(CCCCOc2ccc(CSCc3c(Cl)cccc3Cl)nc2/C=C/C(=O)O)cc1. The van der Waals surface area contributed by atoms with E-state index in [-0.39, 0.29) is 0 Å². The predicted molar refractivity (Wildman–Crippen MR) is 144 cm³/mol. The predicted octanol–water partition coefficient (Wildman–Crippen LogP) is 7.33. The standard InChI is InChI=1S/C27H27Cl2NO4S/c1-33-21-11-8-19(9-12-21)5-2-3-16-34-26-14-10-20(30-25(26)13-15-27(31)32)17-35-18-22-23(28)6-4-7-24(22)29/h4,6-15H,2-3,5,16-18H2,1H3,(H,31,32)/b15-13+. The number of carboxylic acids is 1. The van der Waals surface area contributed by atoms with Gasteiger partial charge >= 0.3 is 5.97 Å². The number of hydrogen-bond donors (Lipinski definition) is 1. The highest BCUT2D eigenvalue weighted by atomic mass is 35.5. The molecule has 1 N–H and O–H groups in total. The molecule has 0 fully saturated rings. The molecule has 184 valence electrons. The largest absolute Gasteiger partial charge is 0.497 e. The Kier molecular flexibility index (Phi) is 10.8. The number of ether oxygens (including phenoxy) is 2. The fraction of sp³-hybridized carbons (Fsp3) is 0.259. The molecule has 0 saturated heterocycles. The summed E-state index contributed by atoms with van der Waals surface area (Å²) < 4.78 is 11.1. The normalized spacial score (nSPS) is 11.1. The van der Waals surface area contributed by atoms with Gasteiger partial charge in [0.2, 0.25) is 0 Å². The van der Waals surface area contributed by atoms with Gasteiger partial charge in [-0.15, -0.1) is 0 Å². The Morgan fingerprint density at radius 1 is 1.03 bits per heavy atom. The van der Waals surface area contributed by atoms with Crippen molar-refractivity contribution in [2.75, 3.05) is 13.7 Å². The van der Waals surface area contributed by atoms with Crippen molar-refractivity contribution in [3.63, 3.8) is 0 Å². The second-order valence-electron chi connectivity index (χ2n) is 7.70. The minimum atomic E-state index is -1.04. The van der Waals surface area contributed by atoms with Crippen LogP contribution in [0.4, 0.5) is 0 Å². The van der Waals surface area contributed by atoms with Gasteiger partial charge in [0.05, 0.1) is 19.4 Å². The third-order valence-electron chi connectivity index (χ3n) is 5.16. The molecule has 1 heterocycles. The lowest BCUT2D eigenvalue weighted by Gasteiger charge is -2.11. The molecular formula is C27H27Cl2NO4S. The summed E-state index contributed by atoms with van der Waals surface area (Å²) in [7, 11) is 1.66. The second-order valence-corrected chi connectivity index (χ2v) is 9.50. The number of rotatable bonds is 13. The number of aromatic nitrogens is 1. The number of hydrogen-bond acceptors (Lipinski definition) is 5. The fourth-order valence-electron chi connectivity index (χ4n) is 3.31. The van der Waals surface area contributed by atoms with E-state index >= 15 is 0 Å². The zero-order chi connectivity index (χ0) is 25.0. The summed E-state index contributed by atoms with van der Waals surface area (Å²) in [6.07, 6.45) is 5.32. The van der Waals surface area contributed by atoms with E-state index in [1.807, 2.05) is 42.5 Å². The number of unbranched alkanes of at least 4 members (excludes halogenated alkanes) is 1. The Morgan fingerprint density at radius 3 is 2.46 bits per heavy atom. The minimum Gasteiger partial charge on any atom is -0.497 e. The van der Waals surface area contributed by atoms with Crippen LogP contribution in [0.25, 0.3) is 6.08 Å². The van der Waals surface area contributed by atoms with Crippen LogP contribution in [0.3, 0.4) is 0 Å². The zero-order valence-corrected chi connectivity index (χ0v) is 21.7. The first kappa shape index (κ1) is 26.9. The smallest absolute Gasteiger partial charge is 0.328 e. The number of aryl methyl sites for hydroxylation is 1. The Morgan fingerprint density at radius 2 is 1.77 bits per heavy atom. The van der Waals surface area contributed by atoms with Crippen LogP contribution in [0.2, 0.25) is 10.0 Å². The molecule has 0 aliphatic rings. The number of benzene rings is 2. The summed E-state index contributed by atoms with van der Waals surface area (Å²) >= 11 is 14.1. The van der Waals surface area contributed by atoms with Gasteiger partial charge in [-0.25, -0.2) is 9.78 Å². The van der Waals surface area contributed by atoms with Crippen molar-refractivity contribution >= 4 is 47.0 Å². The number of pyridine rings is 1. The molecule has 0 bridgehead atoms. The van der Waals surface area contributed by atoms with Gasteiger partial charge in [0.15, 0.2) is 0 Å². The van der Waals surface area contributed by atoms with Gasteiger partial charge in [-0.2, -0.15) is 11.8 Å². The number of thioether (sulfide) groups is 1. The molecule has 5 nitrogen and oxygen atoms in total. The Bertz CT molecular complexity index is 1130. The summed E-state index contributed by atoms with van der Waals surface area (Å²) in [4.78, 5) is 15.7. The summed E-state index contributed by atoms with van der Waals surface area (Å²) in [5, 5.41) is 10.3. The average molecular weight is 532 g/mol. The van der Waals surface area contributed by atoms with Crippen molar-refractivity contribution in [1.82, 2.24) is 4.98 Å². The zero-order valence-electron chi connectivity index (χ0n) is 19.4. The maximum atomic E-state index is 11.0. The highest BCUT2D eigenvalue weighted by molar-refractivity contribution is 7.97. The lowest BCUT2D eigenvalue weighted by molar-refractivity contribution is -0.131. The summed E-state index contributed by atoms with van der Waals surface area (Å²) in [5.41, 5.74) is 3.45. The van der Waals surface area contributed by atoms with Gasteiger partial charge in [0.25, 0.3) is 0 Å². The number of carbonyl (C=O) groups is 1. The number of halogens is 2. The number of nitrogens with zero attached hydrogens (tertiary/aromatic N) is 1. The maximum Gasteiger partial charge on any atom is 0.328 e. The molecule has 0 spiro atoms. The van der Waals surface area contributed by atoms with E-state index in [4.69, 9.17) is 37.8 Å². The number of carboxylic acid groups (broad SMARTS) is 1. The monoisotopic (exact) mass is 531 g/mol. The van der Waals surface area contributed by atoms with Crippen molar-refractivity contribution < 1.29 is 19.4 Å². The van der Waals surface area contributed by atoms with Crippen molar-refractivity contribution in [3.8, 4) is 11.5 Å². The topological polar surface area (TPSA) is 68.7 Å². The molecule has 3 rings (SSSR count). The molecule has 0 unspecified atom stereocenters. The number of methoxy groups -OCH3 is 1. The van der Waals surface area contributed by atoms with Crippen molar-refractivity contribution in [3.05, 3.63) is 93.2 Å². The van der Waals surface area contributed by atoms with Crippen LogP contribution in [-0.4, -0.2) is 29.8 Å². The lowest BCUT2D eigenvalue weighted by Crippen LogP contribution is -2.02. The molecule has 3 aromatic rings. The third-order valence-corrected chi connectivity index (χ3v) is 6.86. The van der Waals surface area contributed by atoms with Crippen LogP contribution in [0.5, 0.6) is 11.5 Å². The first-order chi connectivity index (χ1) is 17.0. The summed E-state index contributed by atoms with van der Waals surface area (Å²) in [5.74, 6) is 1.64. The van der Waals surface area contributed by atoms with Gasteiger partial charge < -0.3 is 14.6 Å². The van der Waals surface area contributed by atoms with Crippen molar-refractivity contribution in [2.24, 2.45) is 0 Å². The van der Waals surface area contributed by atoms with E-state index in [0.29, 0.717) is 39.6 Å². The first-order valence-corrected chi connectivity index (χ1v) is 13.0. The maximum absolute atomic E-state index is 11.0. The van der Waals surface area contributed by atoms with E-state index in [9.17, 15) is 4.79 Å². The van der Waals surface area contributed by atoms with Gasteiger partial charge in [-0.1, -0.05) is 41.4 Å². The van der Waals surface area contributed by atoms with Crippen LogP contribution in [0.15, 0.2) is 60.7 Å². The minimum absolute atomic E-state index is 0.497. The molecule has 0 aliphatic carbocycles. The highest BCUT2D eigenvalue weighted by Gasteiger charge is 2.09. The Balaban J connectivity index is 1.54. The second kappa shape index (κ2) is 14.0. The van der Waals surface area contributed by atoms with E-state index in [1.165, 1.54) is 11.6 Å². The van der Waals surface area contributed by atoms with Crippen molar-refractivity contribution in [2.45, 2.75) is 30.8 Å². The van der Waals surface area contributed by atoms with Gasteiger partial charge in [0, 0.05) is 27.6 Å². The molecule has 1 aromatic heterocycles. The van der Waals surface area contributed by atoms with E-state index in [1.54, 1.807) is 18.9 Å². The molecule has 0 amide bonds. The summed E-state index contributed by atoms with van der Waals surface area (Å²) in [6.45, 7) is 0.519. The first-order valence-electron chi connectivity index (χ1n) is 11.1. The lowest BCUT2D eigenvalue weighted by atomic mass is 10.1. The molecule has 0 saturated carbocycles. The van der Waals surface area contributed by atoms with Crippen LogP contribution < -0.4 is 9.47 Å². The van der Waals surface area contributed by atoms with Crippen LogP contribution in [-0.2, 0) is 22.7 Å². The van der Waals surface area contributed by atoms with Crippen LogP contribution >= 0.6 is 35.0 Å². The average Bonchev–Trinajstić information content (AvgIpc) is 2.85. The fourth-order valence-corrected chi connectivity index (χ4v) is 4.99. The van der Waals surface area contributed by atoms with Crippen LogP contribution in [0, 0.1) is 0 Å². The Hall–Kier alpha value is -2.67. The highest BCUT2D eigenvalue weighted by Crippen LogP contribution is 2.30.